The molecule has 11 atom stereocenters. The molecule has 2 N–H and O–H groups in total. The van der Waals surface area contributed by atoms with Gasteiger partial charge in [0.25, 0.3) is 0 Å². The van der Waals surface area contributed by atoms with Gasteiger partial charge >= 0.3 is 11.9 Å². The Kier molecular flexibility index (Phi) is 7.82. The average Bonchev–Trinajstić information content (AvgIpc) is 3.87. The molecule has 1 aromatic carbocycles. The summed E-state index contributed by atoms with van der Waals surface area (Å²) in [6, 6.07) is 7.46. The summed E-state index contributed by atoms with van der Waals surface area (Å²) in [5.74, 6) is 3.42. The average molecular weight is 732 g/mol. The number of ether oxygens (including phenoxy) is 2. The van der Waals surface area contributed by atoms with E-state index in [4.69, 9.17) is 15.2 Å². The number of hydrogen-bond donors (Lipinski definition) is 1. The zero-order valence-corrected chi connectivity index (χ0v) is 32.8. The number of allylic oxidation sites excluding steroid dienone is 2. The number of benzene rings is 1. The van der Waals surface area contributed by atoms with Crippen LogP contribution < -0.4 is 5.73 Å². The molecule has 0 radical (unpaired) electrons. The molecule has 54 heavy (non-hydrogen) atoms. The molecule has 3 saturated heterocycles. The second-order valence-electron chi connectivity index (χ2n) is 19.7. The van der Waals surface area contributed by atoms with Gasteiger partial charge in [-0.05, 0) is 125 Å². The summed E-state index contributed by atoms with van der Waals surface area (Å²) in [7, 11) is 0. The van der Waals surface area contributed by atoms with E-state index >= 15 is 4.79 Å². The third-order valence-electron chi connectivity index (χ3n) is 17.2. The number of hydrogen-bond acceptors (Lipinski definition) is 7. The smallest absolute Gasteiger partial charge is 0.339 e. The molecule has 7 nitrogen and oxygen atoms in total. The van der Waals surface area contributed by atoms with Gasteiger partial charge in [-0.2, -0.15) is 0 Å². The number of aryl methyl sites for hydroxylation is 1. The number of rotatable bonds is 6. The predicted molar refractivity (Wildman–Crippen MR) is 208 cm³/mol. The van der Waals surface area contributed by atoms with Crippen LogP contribution in [0.15, 0.2) is 53.0 Å². The number of piperidine rings is 2. The van der Waals surface area contributed by atoms with Crippen LogP contribution in [0.4, 0.5) is 0 Å². The first-order valence-electron chi connectivity index (χ1n) is 22.3. The molecule has 5 fully saturated rings. The van der Waals surface area contributed by atoms with Crippen molar-refractivity contribution in [3.05, 3.63) is 69.6 Å². The van der Waals surface area contributed by atoms with Crippen LogP contribution in [-0.4, -0.2) is 60.0 Å². The van der Waals surface area contributed by atoms with Gasteiger partial charge in [0, 0.05) is 54.8 Å². The minimum atomic E-state index is -0.924. The van der Waals surface area contributed by atoms with Crippen LogP contribution in [0.1, 0.15) is 132 Å². The zero-order chi connectivity index (χ0) is 36.6. The summed E-state index contributed by atoms with van der Waals surface area (Å²) >= 11 is 0. The summed E-state index contributed by atoms with van der Waals surface area (Å²) in [5.41, 5.74) is 11.1. The number of esters is 2. The van der Waals surface area contributed by atoms with E-state index in [1.807, 2.05) is 0 Å². The molecule has 4 aliphatic carbocycles. The molecular formula is C47H61N3O4. The molecule has 2 saturated carbocycles. The Labute approximate surface area is 322 Å². The van der Waals surface area contributed by atoms with Crippen LogP contribution in [-0.2, 0) is 26.3 Å². The minimum Gasteiger partial charge on any atom is -0.449 e. The molecule has 7 heteroatoms. The van der Waals surface area contributed by atoms with Crippen molar-refractivity contribution in [3.8, 4) is 0 Å². The first-order valence-corrected chi connectivity index (χ1v) is 22.3. The molecule has 9 heterocycles. The van der Waals surface area contributed by atoms with Gasteiger partial charge in [-0.25, -0.2) is 4.79 Å². The summed E-state index contributed by atoms with van der Waals surface area (Å²) < 4.78 is 13.8. The van der Waals surface area contributed by atoms with Crippen molar-refractivity contribution in [1.29, 1.82) is 0 Å². The monoisotopic (exact) mass is 731 g/mol. The van der Waals surface area contributed by atoms with E-state index < -0.39 is 16.4 Å². The largest absolute Gasteiger partial charge is 0.449 e. The fourth-order valence-corrected chi connectivity index (χ4v) is 15.5. The van der Waals surface area contributed by atoms with Crippen LogP contribution in [0.2, 0.25) is 0 Å². The SMILES string of the molecule is CCC[C@@H]1[C@@]2(OC(=O)c3c(CCCN)cccc32)[C@@]23CCC4=C[C@@]12C(=O)O/C3=C\C[C@@H](C1CCCC1)N1C[C@H]2C[C@@H](C1)[C@@H]1CCC3=C([C@H]4C[C@@H](C)C3)N1C2. The van der Waals surface area contributed by atoms with Crippen molar-refractivity contribution in [2.75, 3.05) is 26.2 Å². The van der Waals surface area contributed by atoms with Gasteiger partial charge in [0.2, 0.25) is 0 Å². The number of nitrogens with two attached hydrogens (primary N) is 1. The highest BCUT2D eigenvalue weighted by Crippen LogP contribution is 2.84. The van der Waals surface area contributed by atoms with Gasteiger partial charge in [-0.3, -0.25) is 9.69 Å². The van der Waals surface area contributed by atoms with E-state index in [-0.39, 0.29) is 17.9 Å². The second-order valence-corrected chi connectivity index (χ2v) is 19.7. The Hall–Kier alpha value is -2.90. The van der Waals surface area contributed by atoms with Crippen molar-refractivity contribution in [1.82, 2.24) is 9.80 Å². The maximum absolute atomic E-state index is 15.2. The van der Waals surface area contributed by atoms with Gasteiger partial charge in [-0.15, -0.1) is 0 Å². The molecule has 9 aliphatic heterocycles. The maximum Gasteiger partial charge on any atom is 0.339 e. The van der Waals surface area contributed by atoms with E-state index in [1.54, 1.807) is 11.3 Å². The molecule has 1 unspecified atom stereocenters. The number of carbonyl (C=O) groups is 2. The van der Waals surface area contributed by atoms with Gasteiger partial charge in [0.15, 0.2) is 5.60 Å². The van der Waals surface area contributed by atoms with E-state index in [9.17, 15) is 4.79 Å². The van der Waals surface area contributed by atoms with E-state index in [0.717, 1.165) is 79.7 Å². The Morgan fingerprint density at radius 2 is 1.87 bits per heavy atom. The lowest BCUT2D eigenvalue weighted by molar-refractivity contribution is -0.271. The third-order valence-corrected chi connectivity index (χ3v) is 17.2. The van der Waals surface area contributed by atoms with Crippen molar-refractivity contribution in [3.63, 3.8) is 0 Å². The first kappa shape index (κ1) is 34.4. The Morgan fingerprint density at radius 3 is 2.70 bits per heavy atom. The zero-order valence-electron chi connectivity index (χ0n) is 32.8. The van der Waals surface area contributed by atoms with Gasteiger partial charge < -0.3 is 20.1 Å². The highest BCUT2D eigenvalue weighted by molar-refractivity contribution is 5.99. The fraction of sp³-hybridized carbons (Fsp3) is 0.702. The summed E-state index contributed by atoms with van der Waals surface area (Å²) in [6.07, 6.45) is 22.3. The lowest BCUT2D eigenvalue weighted by Gasteiger charge is -2.69. The van der Waals surface area contributed by atoms with Crippen LogP contribution in [0.5, 0.6) is 0 Å². The highest BCUT2D eigenvalue weighted by atomic mass is 16.6. The number of fused-ring (bicyclic) bond motifs is 2. The van der Waals surface area contributed by atoms with Gasteiger partial charge in [0.1, 0.15) is 11.2 Å². The summed E-state index contributed by atoms with van der Waals surface area (Å²) in [4.78, 5) is 35.5. The highest BCUT2D eigenvalue weighted by Gasteiger charge is 2.91. The Bertz CT molecular complexity index is 1870. The molecule has 1 aromatic rings. The molecule has 14 rings (SSSR count). The standard InChI is InChI=1S/C47H61N3O4/c1-3-8-39-45-24-33-18-19-46(45,47(39)36-13-6-11-31(12-7-20-48)41(36)43(51)54-47)40(53-44(45)52)17-16-37(30-9-4-5-10-30)49-25-29-23-34(27-49)38-15-14-32-21-28(2)22-35(33)42(32)50(38)26-29/h6,11,13,17,24,28-30,34-35,37-39H,3-5,7-10,12,14-16,18-23,25-27,48H2,1-2H3/b40-17-/t28-,29+,34-,35-,37-,38-,39-,45-,46+,47+/m0/s1. The predicted octanol–water partition coefficient (Wildman–Crippen LogP) is 8.19. The van der Waals surface area contributed by atoms with E-state index in [0.29, 0.717) is 42.3 Å². The molecule has 10 bridgehead atoms. The molecule has 0 aromatic heterocycles. The quantitative estimate of drug-likeness (QED) is 0.233. The normalized spacial score (nSPS) is 43.9. The lowest BCUT2D eigenvalue weighted by atomic mass is 9.31. The van der Waals surface area contributed by atoms with E-state index in [2.05, 4.69) is 54.0 Å². The molecule has 2 spiro atoms. The second kappa shape index (κ2) is 12.3. The molecule has 288 valence electrons. The molecule has 0 amide bonds. The van der Waals surface area contributed by atoms with Crippen molar-refractivity contribution in [2.24, 2.45) is 52.1 Å². The molecular weight excluding hydrogens is 671 g/mol. The van der Waals surface area contributed by atoms with Crippen LogP contribution in [0, 0.1) is 46.3 Å². The van der Waals surface area contributed by atoms with Crippen LogP contribution in [0.3, 0.4) is 0 Å². The van der Waals surface area contributed by atoms with Crippen LogP contribution >= 0.6 is 0 Å². The summed E-state index contributed by atoms with van der Waals surface area (Å²) in [5, 5.41) is 0. The third kappa shape index (κ3) is 4.27. The van der Waals surface area contributed by atoms with Crippen molar-refractivity contribution in [2.45, 2.75) is 134 Å². The lowest BCUT2D eigenvalue weighted by Crippen LogP contribution is -2.75. The number of carbonyl (C=O) groups excluding carboxylic acids is 2. The minimum absolute atomic E-state index is 0.0926. The van der Waals surface area contributed by atoms with Crippen molar-refractivity contribution >= 4 is 11.9 Å². The maximum atomic E-state index is 15.2. The van der Waals surface area contributed by atoms with Gasteiger partial charge in [0.05, 0.1) is 11.0 Å². The fourth-order valence-electron chi connectivity index (χ4n) is 15.5. The summed E-state index contributed by atoms with van der Waals surface area (Å²) in [6.45, 7) is 8.84. The Balaban J connectivity index is 1.15. The topological polar surface area (TPSA) is 85.1 Å². The van der Waals surface area contributed by atoms with Crippen molar-refractivity contribution < 1.29 is 19.1 Å². The molecule has 13 aliphatic rings. The Morgan fingerprint density at radius 1 is 1.00 bits per heavy atom. The van der Waals surface area contributed by atoms with E-state index in [1.165, 1.54) is 76.6 Å². The van der Waals surface area contributed by atoms with Gasteiger partial charge in [-0.1, -0.05) is 68.5 Å². The van der Waals surface area contributed by atoms with Crippen LogP contribution in [0.25, 0.3) is 0 Å². The first-order chi connectivity index (χ1) is 26.3. The number of nitrogens with zero attached hydrogens (tertiary/aromatic N) is 2.